The van der Waals surface area contributed by atoms with Gasteiger partial charge >= 0.3 is 0 Å². The summed E-state index contributed by atoms with van der Waals surface area (Å²) in [6.07, 6.45) is 0.223. The van der Waals surface area contributed by atoms with Gasteiger partial charge in [-0.2, -0.15) is 0 Å². The molecule has 0 fully saturated rings. The van der Waals surface area contributed by atoms with Gasteiger partial charge in [-0.25, -0.2) is 8.78 Å². The minimum Gasteiger partial charge on any atom is -0.396 e. The molecule has 0 amide bonds. The lowest BCUT2D eigenvalue weighted by Crippen LogP contribution is -2.13. The Morgan fingerprint density at radius 2 is 2.08 bits per heavy atom. The van der Waals surface area contributed by atoms with Gasteiger partial charge in [-0.15, -0.1) is 0 Å². The fraction of sp³-hybridized carbons (Fsp3) is 0.333. The van der Waals surface area contributed by atoms with Crippen LogP contribution < -0.4 is 5.73 Å². The lowest BCUT2D eigenvalue weighted by Gasteiger charge is -2.10. The van der Waals surface area contributed by atoms with Crippen LogP contribution >= 0.6 is 0 Å². The normalized spacial score (nSPS) is 12.9. The summed E-state index contributed by atoms with van der Waals surface area (Å²) in [6.45, 7) is -0.142. The second-order valence-corrected chi connectivity index (χ2v) is 2.78. The molecular weight excluding hydrogens is 176 g/mol. The zero-order valence-corrected chi connectivity index (χ0v) is 7.00. The van der Waals surface area contributed by atoms with Gasteiger partial charge in [0, 0.05) is 18.2 Å². The predicted octanol–water partition coefficient (Wildman–Crippen LogP) is 1.35. The van der Waals surface area contributed by atoms with Crippen LogP contribution in [0.4, 0.5) is 8.78 Å². The molecule has 0 heterocycles. The topological polar surface area (TPSA) is 46.2 Å². The summed E-state index contributed by atoms with van der Waals surface area (Å²) in [4.78, 5) is 0. The third-order valence-electron chi connectivity index (χ3n) is 1.80. The highest BCUT2D eigenvalue weighted by atomic mass is 19.1. The third-order valence-corrected chi connectivity index (χ3v) is 1.80. The molecule has 1 rings (SSSR count). The van der Waals surface area contributed by atoms with Gasteiger partial charge in [0.15, 0.2) is 0 Å². The van der Waals surface area contributed by atoms with Crippen LogP contribution in [0.3, 0.4) is 0 Å². The molecule has 0 aliphatic heterocycles. The van der Waals surface area contributed by atoms with E-state index in [-0.39, 0.29) is 18.6 Å². The van der Waals surface area contributed by atoms with Crippen molar-refractivity contribution in [2.75, 3.05) is 6.61 Å². The van der Waals surface area contributed by atoms with E-state index in [1.165, 1.54) is 0 Å². The van der Waals surface area contributed by atoms with Crippen LogP contribution in [0.15, 0.2) is 18.2 Å². The number of aliphatic hydroxyl groups excluding tert-OH is 1. The number of halogens is 2. The zero-order valence-electron chi connectivity index (χ0n) is 7.00. The maximum absolute atomic E-state index is 13.0. The summed E-state index contributed by atoms with van der Waals surface area (Å²) in [5.41, 5.74) is 5.61. The largest absolute Gasteiger partial charge is 0.396 e. The van der Waals surface area contributed by atoms with Crippen LogP contribution in [-0.4, -0.2) is 11.7 Å². The van der Waals surface area contributed by atoms with Gasteiger partial charge in [-0.1, -0.05) is 0 Å². The van der Waals surface area contributed by atoms with Crippen molar-refractivity contribution in [3.05, 3.63) is 35.4 Å². The van der Waals surface area contributed by atoms with Gasteiger partial charge in [0.05, 0.1) is 0 Å². The highest BCUT2D eigenvalue weighted by molar-refractivity contribution is 5.21. The molecule has 13 heavy (non-hydrogen) atoms. The Morgan fingerprint density at radius 3 is 2.69 bits per heavy atom. The van der Waals surface area contributed by atoms with Crippen molar-refractivity contribution in [2.45, 2.75) is 12.5 Å². The monoisotopic (exact) mass is 187 g/mol. The number of aliphatic hydroxyl groups is 1. The van der Waals surface area contributed by atoms with E-state index in [2.05, 4.69) is 0 Å². The highest BCUT2D eigenvalue weighted by Crippen LogP contribution is 2.18. The summed E-state index contributed by atoms with van der Waals surface area (Å²) in [5, 5.41) is 8.56. The maximum Gasteiger partial charge on any atom is 0.128 e. The number of hydrogen-bond acceptors (Lipinski definition) is 2. The smallest absolute Gasteiger partial charge is 0.128 e. The molecule has 0 aromatic heterocycles. The third kappa shape index (κ3) is 2.47. The van der Waals surface area contributed by atoms with E-state index in [9.17, 15) is 8.78 Å². The fourth-order valence-corrected chi connectivity index (χ4v) is 1.09. The zero-order chi connectivity index (χ0) is 9.84. The van der Waals surface area contributed by atoms with E-state index in [0.717, 1.165) is 18.2 Å². The molecule has 2 nitrogen and oxygen atoms in total. The minimum atomic E-state index is -0.652. The first-order valence-electron chi connectivity index (χ1n) is 3.96. The van der Waals surface area contributed by atoms with Crippen LogP contribution in [0.2, 0.25) is 0 Å². The standard InChI is InChI=1S/C9H11F2NO/c10-6-1-2-8(11)7(5-6)9(12)3-4-13/h1-2,5,9,13H,3-4,12H2/t9-/m0/s1. The second kappa shape index (κ2) is 4.30. The van der Waals surface area contributed by atoms with Crippen molar-refractivity contribution in [1.29, 1.82) is 0 Å². The van der Waals surface area contributed by atoms with E-state index in [1.807, 2.05) is 0 Å². The molecule has 1 atom stereocenters. The van der Waals surface area contributed by atoms with Gasteiger partial charge < -0.3 is 10.8 Å². The first kappa shape index (κ1) is 10.1. The lowest BCUT2D eigenvalue weighted by atomic mass is 10.0. The lowest BCUT2D eigenvalue weighted by molar-refractivity contribution is 0.275. The molecule has 3 N–H and O–H groups in total. The van der Waals surface area contributed by atoms with Crippen molar-refractivity contribution in [3.63, 3.8) is 0 Å². The average Bonchev–Trinajstić information content (AvgIpc) is 2.09. The van der Waals surface area contributed by atoms with E-state index in [1.54, 1.807) is 0 Å². The molecule has 0 spiro atoms. The number of rotatable bonds is 3. The molecular formula is C9H11F2NO. The summed E-state index contributed by atoms with van der Waals surface area (Å²) < 4.78 is 25.7. The SMILES string of the molecule is N[C@@H](CCO)c1cc(F)ccc1F. The van der Waals surface area contributed by atoms with E-state index in [0.29, 0.717) is 0 Å². The Balaban J connectivity index is 2.91. The quantitative estimate of drug-likeness (QED) is 0.750. The van der Waals surface area contributed by atoms with Crippen molar-refractivity contribution in [1.82, 2.24) is 0 Å². The number of benzene rings is 1. The molecule has 0 aliphatic rings. The second-order valence-electron chi connectivity index (χ2n) is 2.78. The summed E-state index contributed by atoms with van der Waals surface area (Å²) in [5.74, 6) is -1.06. The van der Waals surface area contributed by atoms with E-state index >= 15 is 0 Å². The first-order chi connectivity index (χ1) is 6.15. The summed E-state index contributed by atoms with van der Waals surface area (Å²) >= 11 is 0. The van der Waals surface area contributed by atoms with Crippen LogP contribution in [0.5, 0.6) is 0 Å². The van der Waals surface area contributed by atoms with Crippen molar-refractivity contribution < 1.29 is 13.9 Å². The fourth-order valence-electron chi connectivity index (χ4n) is 1.09. The molecule has 1 aromatic carbocycles. The van der Waals surface area contributed by atoms with Crippen LogP contribution in [0, 0.1) is 11.6 Å². The summed E-state index contributed by atoms with van der Waals surface area (Å²) in [6, 6.07) is 2.46. The molecule has 4 heteroatoms. The highest BCUT2D eigenvalue weighted by Gasteiger charge is 2.11. The van der Waals surface area contributed by atoms with Gasteiger partial charge in [0.25, 0.3) is 0 Å². The van der Waals surface area contributed by atoms with Gasteiger partial charge in [0.1, 0.15) is 11.6 Å². The Labute approximate surface area is 75.0 Å². The Bertz CT molecular complexity index is 291. The van der Waals surface area contributed by atoms with E-state index in [4.69, 9.17) is 10.8 Å². The van der Waals surface area contributed by atoms with Crippen LogP contribution in [0.25, 0.3) is 0 Å². The molecule has 0 aliphatic carbocycles. The summed E-state index contributed by atoms with van der Waals surface area (Å²) in [7, 11) is 0. The number of hydrogen-bond donors (Lipinski definition) is 2. The van der Waals surface area contributed by atoms with E-state index < -0.39 is 17.7 Å². The van der Waals surface area contributed by atoms with Crippen LogP contribution in [0.1, 0.15) is 18.0 Å². The molecule has 1 aromatic rings. The van der Waals surface area contributed by atoms with Gasteiger partial charge in [-0.3, -0.25) is 0 Å². The minimum absolute atomic E-state index is 0.106. The molecule has 72 valence electrons. The molecule has 0 saturated heterocycles. The van der Waals surface area contributed by atoms with Crippen molar-refractivity contribution >= 4 is 0 Å². The van der Waals surface area contributed by atoms with Gasteiger partial charge in [0.2, 0.25) is 0 Å². The molecule has 0 saturated carbocycles. The average molecular weight is 187 g/mol. The van der Waals surface area contributed by atoms with Crippen molar-refractivity contribution in [3.8, 4) is 0 Å². The Morgan fingerprint density at radius 1 is 1.38 bits per heavy atom. The predicted molar refractivity (Wildman–Crippen MR) is 45.0 cm³/mol. The molecule has 0 radical (unpaired) electrons. The maximum atomic E-state index is 13.0. The van der Waals surface area contributed by atoms with Crippen LogP contribution in [-0.2, 0) is 0 Å². The number of nitrogens with two attached hydrogens (primary N) is 1. The molecule has 0 unspecified atom stereocenters. The Hall–Kier alpha value is -1.00. The molecule has 0 bridgehead atoms. The van der Waals surface area contributed by atoms with Gasteiger partial charge in [-0.05, 0) is 24.6 Å². The first-order valence-corrected chi connectivity index (χ1v) is 3.96. The Kier molecular flexibility index (Phi) is 3.33. The van der Waals surface area contributed by atoms with Crippen molar-refractivity contribution in [2.24, 2.45) is 5.73 Å².